The Bertz CT molecular complexity index is 1010. The van der Waals surface area contributed by atoms with E-state index in [-0.39, 0.29) is 17.0 Å². The minimum atomic E-state index is -0.616. The third-order valence-corrected chi connectivity index (χ3v) is 5.53. The average molecular weight is 428 g/mol. The number of hydrogen-bond donors (Lipinski definition) is 2. The summed E-state index contributed by atoms with van der Waals surface area (Å²) in [4.78, 5) is 38.0. The van der Waals surface area contributed by atoms with Gasteiger partial charge in [-0.05, 0) is 61.9 Å². The van der Waals surface area contributed by atoms with Crippen molar-refractivity contribution in [1.82, 2.24) is 15.2 Å². The van der Waals surface area contributed by atoms with Gasteiger partial charge in [0.2, 0.25) is 5.91 Å². The van der Waals surface area contributed by atoms with Crippen LogP contribution in [0.15, 0.2) is 35.3 Å². The zero-order chi connectivity index (χ0) is 22.4. The van der Waals surface area contributed by atoms with E-state index in [0.29, 0.717) is 43.0 Å². The van der Waals surface area contributed by atoms with Crippen LogP contribution in [0.2, 0.25) is 0 Å². The van der Waals surface area contributed by atoms with E-state index in [2.05, 4.69) is 10.6 Å². The van der Waals surface area contributed by atoms with Crippen molar-refractivity contribution in [2.75, 3.05) is 20.8 Å². The van der Waals surface area contributed by atoms with Gasteiger partial charge in [0.05, 0.1) is 14.2 Å². The smallest absolute Gasteiger partial charge is 0.263 e. The number of nitrogens with zero attached hydrogens (tertiary/aromatic N) is 1. The van der Waals surface area contributed by atoms with E-state index in [1.165, 1.54) is 4.57 Å². The fourth-order valence-corrected chi connectivity index (χ4v) is 3.71. The van der Waals surface area contributed by atoms with Crippen LogP contribution >= 0.6 is 0 Å². The van der Waals surface area contributed by atoms with Gasteiger partial charge >= 0.3 is 0 Å². The second-order valence-electron chi connectivity index (χ2n) is 7.62. The molecule has 1 aliphatic heterocycles. The molecule has 1 aromatic carbocycles. The standard InChI is InChI=1S/C23H29N3O5/c1-15-9-12-26(13-10-16-7-8-18(30-2)19(14-16)31-3)23(29)20(15)22(28)25-17-6-4-5-11-24-21(17)27/h7-9,12,14,17H,4-6,10-11,13H2,1-3H3,(H,24,27)(H,25,28). The first-order chi connectivity index (χ1) is 14.9. The number of methoxy groups -OCH3 is 2. The van der Waals surface area contributed by atoms with Gasteiger partial charge < -0.3 is 24.7 Å². The van der Waals surface area contributed by atoms with Crippen LogP contribution in [0.25, 0.3) is 0 Å². The van der Waals surface area contributed by atoms with Gasteiger partial charge in [0.25, 0.3) is 11.5 Å². The molecule has 8 nitrogen and oxygen atoms in total. The van der Waals surface area contributed by atoms with E-state index >= 15 is 0 Å². The number of benzene rings is 1. The van der Waals surface area contributed by atoms with Crippen molar-refractivity contribution in [3.05, 3.63) is 57.5 Å². The molecule has 8 heteroatoms. The van der Waals surface area contributed by atoms with Crippen molar-refractivity contribution < 1.29 is 19.1 Å². The zero-order valence-electron chi connectivity index (χ0n) is 18.2. The van der Waals surface area contributed by atoms with Crippen LogP contribution in [0.1, 0.15) is 40.7 Å². The van der Waals surface area contributed by atoms with Gasteiger partial charge in [-0.1, -0.05) is 6.07 Å². The predicted molar refractivity (Wildman–Crippen MR) is 117 cm³/mol. The number of rotatable bonds is 7. The molecule has 0 saturated carbocycles. The van der Waals surface area contributed by atoms with Gasteiger partial charge in [0, 0.05) is 19.3 Å². The topological polar surface area (TPSA) is 98.7 Å². The lowest BCUT2D eigenvalue weighted by molar-refractivity contribution is -0.122. The van der Waals surface area contributed by atoms with Crippen LogP contribution < -0.4 is 25.7 Å². The number of ether oxygens (including phenoxy) is 2. The second-order valence-corrected chi connectivity index (χ2v) is 7.62. The Morgan fingerprint density at radius 3 is 2.68 bits per heavy atom. The predicted octanol–water partition coefficient (Wildman–Crippen LogP) is 1.82. The van der Waals surface area contributed by atoms with Crippen LogP contribution in [0.3, 0.4) is 0 Å². The molecule has 2 N–H and O–H groups in total. The Morgan fingerprint density at radius 2 is 1.94 bits per heavy atom. The highest BCUT2D eigenvalue weighted by atomic mass is 16.5. The summed E-state index contributed by atoms with van der Waals surface area (Å²) in [6.07, 6.45) is 4.55. The summed E-state index contributed by atoms with van der Waals surface area (Å²) in [6, 6.07) is 6.74. The molecule has 31 heavy (non-hydrogen) atoms. The molecule has 1 unspecified atom stereocenters. The molecule has 1 atom stereocenters. The van der Waals surface area contributed by atoms with Gasteiger partial charge in [-0.2, -0.15) is 0 Å². The fourth-order valence-electron chi connectivity index (χ4n) is 3.71. The van der Waals surface area contributed by atoms with Gasteiger partial charge in [-0.15, -0.1) is 0 Å². The van der Waals surface area contributed by atoms with Crippen LogP contribution in [0.5, 0.6) is 11.5 Å². The molecule has 2 aromatic rings. The van der Waals surface area contributed by atoms with Gasteiger partial charge in [0.15, 0.2) is 11.5 Å². The van der Waals surface area contributed by atoms with E-state index in [9.17, 15) is 14.4 Å². The number of hydrogen-bond acceptors (Lipinski definition) is 5. The lowest BCUT2D eigenvalue weighted by atomic mass is 10.1. The third kappa shape index (κ3) is 5.25. The summed E-state index contributed by atoms with van der Waals surface area (Å²) in [5.41, 5.74) is 1.27. The number of amides is 2. The molecule has 1 aliphatic rings. The molecule has 0 spiro atoms. The summed E-state index contributed by atoms with van der Waals surface area (Å²) in [6.45, 7) is 2.74. The third-order valence-electron chi connectivity index (χ3n) is 5.53. The Morgan fingerprint density at radius 1 is 1.16 bits per heavy atom. The maximum atomic E-state index is 13.0. The molecule has 3 rings (SSSR count). The number of carbonyl (C=O) groups is 2. The molecule has 1 fully saturated rings. The highest BCUT2D eigenvalue weighted by Crippen LogP contribution is 2.27. The summed E-state index contributed by atoms with van der Waals surface area (Å²) in [7, 11) is 3.15. The largest absolute Gasteiger partial charge is 0.493 e. The first kappa shape index (κ1) is 22.4. The molecule has 0 aliphatic carbocycles. The van der Waals surface area contributed by atoms with E-state index in [0.717, 1.165) is 18.4 Å². The number of nitrogens with one attached hydrogen (secondary N) is 2. The lowest BCUT2D eigenvalue weighted by Gasteiger charge is -2.17. The first-order valence-corrected chi connectivity index (χ1v) is 10.4. The summed E-state index contributed by atoms with van der Waals surface area (Å²) in [5.74, 6) is 0.552. The van der Waals surface area contributed by atoms with E-state index in [1.54, 1.807) is 33.4 Å². The number of aryl methyl sites for hydroxylation is 3. The van der Waals surface area contributed by atoms with Gasteiger partial charge in [-0.25, -0.2) is 0 Å². The molecule has 2 amide bonds. The van der Waals surface area contributed by atoms with Crippen LogP contribution in [-0.4, -0.2) is 43.2 Å². The Kier molecular flexibility index (Phi) is 7.33. The quantitative estimate of drug-likeness (QED) is 0.702. The number of pyridine rings is 1. The summed E-state index contributed by atoms with van der Waals surface area (Å²) < 4.78 is 12.1. The first-order valence-electron chi connectivity index (χ1n) is 10.4. The molecule has 1 aromatic heterocycles. The summed E-state index contributed by atoms with van der Waals surface area (Å²) >= 11 is 0. The molecular weight excluding hydrogens is 398 g/mol. The lowest BCUT2D eigenvalue weighted by Crippen LogP contribution is -2.47. The highest BCUT2D eigenvalue weighted by Gasteiger charge is 2.25. The van der Waals surface area contributed by atoms with Crippen molar-refractivity contribution in [2.45, 2.75) is 45.2 Å². The van der Waals surface area contributed by atoms with E-state index in [1.807, 2.05) is 18.2 Å². The number of aromatic nitrogens is 1. The summed E-state index contributed by atoms with van der Waals surface area (Å²) in [5, 5.41) is 5.53. The van der Waals surface area contributed by atoms with E-state index in [4.69, 9.17) is 9.47 Å². The Balaban J connectivity index is 1.76. The maximum absolute atomic E-state index is 13.0. The second kappa shape index (κ2) is 10.1. The maximum Gasteiger partial charge on any atom is 0.263 e. The van der Waals surface area contributed by atoms with Crippen molar-refractivity contribution in [1.29, 1.82) is 0 Å². The SMILES string of the molecule is COc1ccc(CCn2ccc(C)c(C(=O)NC3CCCCNC3=O)c2=O)cc1OC. The minimum Gasteiger partial charge on any atom is -0.493 e. The van der Waals surface area contributed by atoms with E-state index < -0.39 is 11.9 Å². The average Bonchev–Trinajstić information content (AvgIpc) is 2.97. The Labute approximate surface area is 181 Å². The van der Waals surface area contributed by atoms with Crippen LogP contribution in [0.4, 0.5) is 0 Å². The highest BCUT2D eigenvalue weighted by molar-refractivity contribution is 5.98. The Hall–Kier alpha value is -3.29. The molecule has 166 valence electrons. The molecule has 2 heterocycles. The van der Waals surface area contributed by atoms with Crippen molar-refractivity contribution >= 4 is 11.8 Å². The zero-order valence-corrected chi connectivity index (χ0v) is 18.2. The van der Waals surface area contributed by atoms with Crippen molar-refractivity contribution in [2.24, 2.45) is 0 Å². The van der Waals surface area contributed by atoms with Gasteiger partial charge in [0.1, 0.15) is 11.6 Å². The van der Waals surface area contributed by atoms with Crippen LogP contribution in [-0.2, 0) is 17.8 Å². The fraction of sp³-hybridized carbons (Fsp3) is 0.435. The molecule has 0 radical (unpaired) electrons. The monoisotopic (exact) mass is 427 g/mol. The van der Waals surface area contributed by atoms with Gasteiger partial charge in [-0.3, -0.25) is 14.4 Å². The molecule has 1 saturated heterocycles. The van der Waals surface area contributed by atoms with Crippen molar-refractivity contribution in [3.8, 4) is 11.5 Å². The molecular formula is C23H29N3O5. The normalized spacial score (nSPS) is 16.2. The van der Waals surface area contributed by atoms with Crippen molar-refractivity contribution in [3.63, 3.8) is 0 Å². The molecule has 0 bridgehead atoms. The minimum absolute atomic E-state index is 0.0758. The number of carbonyl (C=O) groups excluding carboxylic acids is 2. The van der Waals surface area contributed by atoms with Crippen LogP contribution in [0, 0.1) is 6.92 Å².